The number of aromatic nitrogens is 3. The number of Topliss-reactive ketones (excluding diaryl/α,β-unsaturated/α-hetero) is 1. The van der Waals surface area contributed by atoms with Gasteiger partial charge in [-0.2, -0.15) is 13.2 Å². The number of likely N-dealkylation sites (tertiary alicyclic amines) is 1. The largest absolute Gasteiger partial charge is 0.451 e. The van der Waals surface area contributed by atoms with E-state index in [1.165, 1.54) is 0 Å². The van der Waals surface area contributed by atoms with Gasteiger partial charge in [0.05, 0.1) is 5.52 Å². The Balaban J connectivity index is 1.57. The third-order valence-corrected chi connectivity index (χ3v) is 6.13. The van der Waals surface area contributed by atoms with Gasteiger partial charge < -0.3 is 0 Å². The minimum absolute atomic E-state index is 0.0420. The third-order valence-electron chi connectivity index (χ3n) is 5.92. The standard InChI is InChI=1S/C23H20ClF5N4O/c24-20-7-4-15-16(2-1-3-17(15)32-20)19(34)6-5-18(33-10-8-22(25,26)9-11-33)14-12-30-21(31-13-14)23(27,28)29/h1-4,7,12-13,18H,5-6,8-11H2. The number of nitrogens with zero attached hydrogens (tertiary/aromatic N) is 4. The van der Waals surface area contributed by atoms with E-state index < -0.39 is 24.0 Å². The maximum absolute atomic E-state index is 13.7. The zero-order chi connectivity index (χ0) is 24.5. The molecule has 2 aromatic heterocycles. The molecule has 1 aromatic carbocycles. The molecule has 0 aliphatic carbocycles. The lowest BCUT2D eigenvalue weighted by molar-refractivity contribution is -0.145. The van der Waals surface area contributed by atoms with Crippen LogP contribution in [0.2, 0.25) is 5.15 Å². The molecular formula is C23H20ClF5N4O. The molecule has 34 heavy (non-hydrogen) atoms. The van der Waals surface area contributed by atoms with E-state index in [0.717, 1.165) is 12.4 Å². The van der Waals surface area contributed by atoms with Crippen molar-refractivity contribution in [3.63, 3.8) is 0 Å². The maximum Gasteiger partial charge on any atom is 0.451 e. The molecule has 1 fully saturated rings. The van der Waals surface area contributed by atoms with Crippen LogP contribution in [0, 0.1) is 0 Å². The van der Waals surface area contributed by atoms with Gasteiger partial charge in [0, 0.05) is 67.3 Å². The van der Waals surface area contributed by atoms with Gasteiger partial charge in [-0.05, 0) is 24.6 Å². The highest BCUT2D eigenvalue weighted by Gasteiger charge is 2.38. The first-order chi connectivity index (χ1) is 16.0. The van der Waals surface area contributed by atoms with Crippen LogP contribution in [0.15, 0.2) is 42.7 Å². The third kappa shape index (κ3) is 5.50. The van der Waals surface area contributed by atoms with Crippen molar-refractivity contribution in [3.8, 4) is 0 Å². The van der Waals surface area contributed by atoms with Crippen LogP contribution in [0.25, 0.3) is 10.9 Å². The van der Waals surface area contributed by atoms with E-state index in [1.54, 1.807) is 35.2 Å². The van der Waals surface area contributed by atoms with E-state index >= 15 is 0 Å². The number of hydrogen-bond acceptors (Lipinski definition) is 5. The smallest absolute Gasteiger partial charge is 0.296 e. The normalized spacial score (nSPS) is 17.6. The number of piperidine rings is 1. The Hall–Kier alpha value is -2.72. The molecule has 0 amide bonds. The SMILES string of the molecule is O=C(CCC(c1cnc(C(F)(F)F)nc1)N1CCC(F)(F)CC1)c1cccc2nc(Cl)ccc12. The second kappa shape index (κ2) is 9.50. The summed E-state index contributed by atoms with van der Waals surface area (Å²) in [7, 11) is 0. The number of benzene rings is 1. The molecule has 1 aliphatic rings. The number of rotatable bonds is 6. The summed E-state index contributed by atoms with van der Waals surface area (Å²) in [6.07, 6.45) is -3.06. The Morgan fingerprint density at radius 1 is 1.09 bits per heavy atom. The number of ketones is 1. The highest BCUT2D eigenvalue weighted by Crippen LogP contribution is 2.35. The second-order valence-corrected chi connectivity index (χ2v) is 8.60. The minimum Gasteiger partial charge on any atom is -0.296 e. The molecular weight excluding hydrogens is 479 g/mol. The molecule has 0 saturated carbocycles. The molecule has 0 bridgehead atoms. The van der Waals surface area contributed by atoms with Crippen molar-refractivity contribution in [1.29, 1.82) is 0 Å². The highest BCUT2D eigenvalue weighted by molar-refractivity contribution is 6.29. The number of carbonyl (C=O) groups excluding carboxylic acids is 1. The molecule has 1 saturated heterocycles. The van der Waals surface area contributed by atoms with E-state index in [9.17, 15) is 26.7 Å². The fourth-order valence-electron chi connectivity index (χ4n) is 4.16. The average Bonchev–Trinajstić information content (AvgIpc) is 2.79. The molecule has 5 nitrogen and oxygen atoms in total. The van der Waals surface area contributed by atoms with Crippen LogP contribution >= 0.6 is 11.6 Å². The van der Waals surface area contributed by atoms with Crippen molar-refractivity contribution in [3.05, 3.63) is 64.8 Å². The van der Waals surface area contributed by atoms with Crippen molar-refractivity contribution in [2.24, 2.45) is 0 Å². The molecule has 3 aromatic rings. The van der Waals surface area contributed by atoms with Crippen molar-refractivity contribution in [1.82, 2.24) is 19.9 Å². The predicted octanol–water partition coefficient (Wildman–Crippen LogP) is 6.13. The van der Waals surface area contributed by atoms with Gasteiger partial charge in [0.2, 0.25) is 5.82 Å². The summed E-state index contributed by atoms with van der Waals surface area (Å²) in [5.41, 5.74) is 1.34. The molecule has 0 N–H and O–H groups in total. The summed E-state index contributed by atoms with van der Waals surface area (Å²) in [4.78, 5) is 25.8. The van der Waals surface area contributed by atoms with Gasteiger partial charge in [-0.1, -0.05) is 23.7 Å². The highest BCUT2D eigenvalue weighted by atomic mass is 35.5. The number of halogens is 6. The number of hydrogen-bond donors (Lipinski definition) is 0. The summed E-state index contributed by atoms with van der Waals surface area (Å²) in [5, 5.41) is 0.922. The molecule has 4 rings (SSSR count). The number of pyridine rings is 1. The zero-order valence-corrected chi connectivity index (χ0v) is 18.6. The molecule has 1 unspecified atom stereocenters. The quantitative estimate of drug-likeness (QED) is 0.232. The molecule has 0 spiro atoms. The Bertz CT molecular complexity index is 1180. The summed E-state index contributed by atoms with van der Waals surface area (Å²) < 4.78 is 66.0. The van der Waals surface area contributed by atoms with Crippen molar-refractivity contribution >= 4 is 28.3 Å². The first-order valence-corrected chi connectivity index (χ1v) is 11.0. The Kier molecular flexibility index (Phi) is 6.82. The van der Waals surface area contributed by atoms with Crippen LogP contribution in [-0.2, 0) is 6.18 Å². The lowest BCUT2D eigenvalue weighted by Crippen LogP contribution is -2.41. The fourth-order valence-corrected chi connectivity index (χ4v) is 4.31. The van der Waals surface area contributed by atoms with Gasteiger partial charge in [-0.15, -0.1) is 0 Å². The first-order valence-electron chi connectivity index (χ1n) is 10.6. The van der Waals surface area contributed by atoms with Crippen molar-refractivity contribution < 1.29 is 26.7 Å². The molecule has 1 aliphatic heterocycles. The number of carbonyl (C=O) groups is 1. The molecule has 11 heteroatoms. The number of alkyl halides is 5. The second-order valence-electron chi connectivity index (χ2n) is 8.21. The monoisotopic (exact) mass is 498 g/mol. The Morgan fingerprint density at radius 2 is 1.76 bits per heavy atom. The van der Waals surface area contributed by atoms with E-state index in [4.69, 9.17) is 11.6 Å². The lowest BCUT2D eigenvalue weighted by atomic mass is 9.95. The number of fused-ring (bicyclic) bond motifs is 1. The lowest BCUT2D eigenvalue weighted by Gasteiger charge is -2.37. The summed E-state index contributed by atoms with van der Waals surface area (Å²) in [5.74, 6) is -4.27. The fraction of sp³-hybridized carbons (Fsp3) is 0.391. The van der Waals surface area contributed by atoms with Crippen LogP contribution in [0.3, 0.4) is 0 Å². The Morgan fingerprint density at radius 3 is 2.41 bits per heavy atom. The van der Waals surface area contributed by atoms with Gasteiger partial charge in [0.15, 0.2) is 5.78 Å². The van der Waals surface area contributed by atoms with E-state index in [-0.39, 0.29) is 44.6 Å². The molecule has 0 radical (unpaired) electrons. The Labute approximate surface area is 197 Å². The van der Waals surface area contributed by atoms with Gasteiger partial charge in [-0.3, -0.25) is 9.69 Å². The summed E-state index contributed by atoms with van der Waals surface area (Å²) in [6.45, 7) is 0.0904. The van der Waals surface area contributed by atoms with Crippen molar-refractivity contribution in [2.45, 2.75) is 43.8 Å². The maximum atomic E-state index is 13.7. The van der Waals surface area contributed by atoms with E-state index in [0.29, 0.717) is 27.2 Å². The van der Waals surface area contributed by atoms with Gasteiger partial charge in [-0.25, -0.2) is 23.7 Å². The molecule has 1 atom stereocenters. The predicted molar refractivity (Wildman–Crippen MR) is 116 cm³/mol. The minimum atomic E-state index is -4.69. The molecule has 3 heterocycles. The van der Waals surface area contributed by atoms with Crippen LogP contribution in [0.1, 0.15) is 53.5 Å². The zero-order valence-electron chi connectivity index (χ0n) is 17.8. The van der Waals surface area contributed by atoms with E-state index in [2.05, 4.69) is 15.0 Å². The van der Waals surface area contributed by atoms with Crippen LogP contribution in [0.5, 0.6) is 0 Å². The van der Waals surface area contributed by atoms with Crippen molar-refractivity contribution in [2.75, 3.05) is 13.1 Å². The average molecular weight is 499 g/mol. The topological polar surface area (TPSA) is 59.0 Å². The summed E-state index contributed by atoms with van der Waals surface area (Å²) in [6, 6.07) is 7.78. The van der Waals surface area contributed by atoms with Gasteiger partial charge in [0.25, 0.3) is 5.92 Å². The van der Waals surface area contributed by atoms with Gasteiger partial charge >= 0.3 is 6.18 Å². The van der Waals surface area contributed by atoms with E-state index in [1.807, 2.05) is 0 Å². The van der Waals surface area contributed by atoms with Gasteiger partial charge in [0.1, 0.15) is 5.15 Å². The van der Waals surface area contributed by atoms with Crippen LogP contribution in [-0.4, -0.2) is 44.6 Å². The molecule has 180 valence electrons. The van der Waals surface area contributed by atoms with Crippen LogP contribution in [0.4, 0.5) is 22.0 Å². The van der Waals surface area contributed by atoms with Crippen LogP contribution < -0.4 is 0 Å². The summed E-state index contributed by atoms with van der Waals surface area (Å²) >= 11 is 5.93. The first kappa shape index (κ1) is 24.4.